The van der Waals surface area contributed by atoms with E-state index in [1.165, 1.54) is 0 Å². The molecule has 2 aromatic rings. The summed E-state index contributed by atoms with van der Waals surface area (Å²) >= 11 is 0. The Balaban J connectivity index is 2.33. The molecule has 4 heteroatoms. The summed E-state index contributed by atoms with van der Waals surface area (Å²) in [7, 11) is 0. The predicted molar refractivity (Wildman–Crippen MR) is 80.1 cm³/mol. The zero-order valence-corrected chi connectivity index (χ0v) is 12.5. The van der Waals surface area contributed by atoms with Crippen molar-refractivity contribution in [2.45, 2.75) is 27.3 Å². The average molecular weight is 282 g/mol. The van der Waals surface area contributed by atoms with Crippen LogP contribution in [0, 0.1) is 25.2 Å². The van der Waals surface area contributed by atoms with Crippen LogP contribution in [0.15, 0.2) is 30.5 Å². The number of esters is 1. The standard InChI is InChI=1S/C17H18N2O2/c1-4-21-17(20)16-12(2)7-8-19(16)11-15-6-5-14(10-18)9-13(15)3/h5-9H,4,11H2,1-3H3. The third kappa shape index (κ3) is 3.14. The number of nitrogens with zero attached hydrogens (tertiary/aromatic N) is 2. The van der Waals surface area contributed by atoms with Gasteiger partial charge in [0, 0.05) is 12.7 Å². The predicted octanol–water partition coefficient (Wildman–Crippen LogP) is 3.20. The van der Waals surface area contributed by atoms with E-state index in [9.17, 15) is 4.79 Å². The van der Waals surface area contributed by atoms with Crippen LogP contribution in [0.3, 0.4) is 0 Å². The van der Waals surface area contributed by atoms with E-state index in [1.54, 1.807) is 13.0 Å². The zero-order chi connectivity index (χ0) is 15.4. The highest BCUT2D eigenvalue weighted by atomic mass is 16.5. The molecule has 0 aliphatic heterocycles. The van der Waals surface area contributed by atoms with Gasteiger partial charge in [-0.25, -0.2) is 4.79 Å². The first-order valence-corrected chi connectivity index (χ1v) is 6.89. The van der Waals surface area contributed by atoms with E-state index in [-0.39, 0.29) is 5.97 Å². The van der Waals surface area contributed by atoms with Crippen molar-refractivity contribution in [3.63, 3.8) is 0 Å². The van der Waals surface area contributed by atoms with Crippen molar-refractivity contribution >= 4 is 5.97 Å². The molecule has 1 heterocycles. The molecule has 4 nitrogen and oxygen atoms in total. The van der Waals surface area contributed by atoms with Crippen LogP contribution in [-0.2, 0) is 11.3 Å². The summed E-state index contributed by atoms with van der Waals surface area (Å²) in [6.45, 7) is 6.61. The van der Waals surface area contributed by atoms with Gasteiger partial charge in [-0.05, 0) is 55.7 Å². The van der Waals surface area contributed by atoms with Crippen molar-refractivity contribution in [1.82, 2.24) is 4.57 Å². The first-order valence-electron chi connectivity index (χ1n) is 6.89. The summed E-state index contributed by atoms with van der Waals surface area (Å²) in [5.41, 5.74) is 4.25. The van der Waals surface area contributed by atoms with Crippen molar-refractivity contribution in [1.29, 1.82) is 5.26 Å². The van der Waals surface area contributed by atoms with E-state index in [0.717, 1.165) is 16.7 Å². The van der Waals surface area contributed by atoms with Crippen LogP contribution in [0.5, 0.6) is 0 Å². The Bertz CT molecular complexity index is 708. The van der Waals surface area contributed by atoms with Crippen LogP contribution in [0.1, 0.15) is 39.7 Å². The van der Waals surface area contributed by atoms with Crippen molar-refractivity contribution < 1.29 is 9.53 Å². The first kappa shape index (κ1) is 14.9. The average Bonchev–Trinajstić information content (AvgIpc) is 2.82. The third-order valence-electron chi connectivity index (χ3n) is 3.45. The van der Waals surface area contributed by atoms with E-state index in [2.05, 4.69) is 6.07 Å². The number of ether oxygens (including phenoxy) is 1. The molecule has 0 fully saturated rings. The summed E-state index contributed by atoms with van der Waals surface area (Å²) in [5.74, 6) is -0.300. The second kappa shape index (κ2) is 6.27. The summed E-state index contributed by atoms with van der Waals surface area (Å²) in [6, 6.07) is 9.62. The van der Waals surface area contributed by atoms with Crippen molar-refractivity contribution in [2.75, 3.05) is 6.61 Å². The van der Waals surface area contributed by atoms with E-state index in [1.807, 2.05) is 42.8 Å². The second-order valence-corrected chi connectivity index (χ2v) is 4.95. The molecule has 0 unspecified atom stereocenters. The summed E-state index contributed by atoms with van der Waals surface area (Å²) in [5, 5.41) is 8.91. The van der Waals surface area contributed by atoms with Crippen LogP contribution in [0.2, 0.25) is 0 Å². The van der Waals surface area contributed by atoms with Gasteiger partial charge in [-0.1, -0.05) is 6.07 Å². The molecule has 0 N–H and O–H groups in total. The minimum absolute atomic E-state index is 0.300. The maximum Gasteiger partial charge on any atom is 0.355 e. The highest BCUT2D eigenvalue weighted by Gasteiger charge is 2.16. The van der Waals surface area contributed by atoms with E-state index in [4.69, 9.17) is 10.00 Å². The highest BCUT2D eigenvalue weighted by molar-refractivity contribution is 5.89. The number of aryl methyl sites for hydroxylation is 2. The molecule has 0 saturated heterocycles. The van der Waals surface area contributed by atoms with Gasteiger partial charge in [-0.15, -0.1) is 0 Å². The summed E-state index contributed by atoms with van der Waals surface area (Å²) in [4.78, 5) is 12.0. The van der Waals surface area contributed by atoms with Gasteiger partial charge < -0.3 is 9.30 Å². The van der Waals surface area contributed by atoms with E-state index < -0.39 is 0 Å². The minimum atomic E-state index is -0.300. The van der Waals surface area contributed by atoms with Crippen LogP contribution in [0.4, 0.5) is 0 Å². The molecular formula is C17H18N2O2. The van der Waals surface area contributed by atoms with E-state index >= 15 is 0 Å². The number of rotatable bonds is 4. The molecule has 1 aromatic heterocycles. The molecular weight excluding hydrogens is 264 g/mol. The minimum Gasteiger partial charge on any atom is -0.461 e. The molecule has 0 aliphatic carbocycles. The zero-order valence-electron chi connectivity index (χ0n) is 12.5. The Labute approximate surface area is 124 Å². The molecule has 2 rings (SSSR count). The Morgan fingerprint density at radius 1 is 1.29 bits per heavy atom. The number of hydrogen-bond donors (Lipinski definition) is 0. The van der Waals surface area contributed by atoms with Crippen LogP contribution in [0.25, 0.3) is 0 Å². The Morgan fingerprint density at radius 2 is 2.05 bits per heavy atom. The number of nitriles is 1. The monoisotopic (exact) mass is 282 g/mol. The van der Waals surface area contributed by atoms with Crippen molar-refractivity contribution in [2.24, 2.45) is 0 Å². The summed E-state index contributed by atoms with van der Waals surface area (Å²) < 4.78 is 7.00. The fraction of sp³-hybridized carbons (Fsp3) is 0.294. The number of carbonyl (C=O) groups is 1. The molecule has 0 radical (unpaired) electrons. The van der Waals surface area contributed by atoms with Gasteiger partial charge in [0.15, 0.2) is 0 Å². The van der Waals surface area contributed by atoms with Crippen molar-refractivity contribution in [3.8, 4) is 6.07 Å². The van der Waals surface area contributed by atoms with Gasteiger partial charge in [-0.2, -0.15) is 5.26 Å². The van der Waals surface area contributed by atoms with Gasteiger partial charge in [0.2, 0.25) is 0 Å². The molecule has 0 aliphatic rings. The lowest BCUT2D eigenvalue weighted by Crippen LogP contribution is -2.14. The van der Waals surface area contributed by atoms with Gasteiger partial charge in [0.1, 0.15) is 5.69 Å². The van der Waals surface area contributed by atoms with Crippen LogP contribution < -0.4 is 0 Å². The quantitative estimate of drug-likeness (QED) is 0.809. The molecule has 21 heavy (non-hydrogen) atoms. The Morgan fingerprint density at radius 3 is 2.67 bits per heavy atom. The van der Waals surface area contributed by atoms with Gasteiger partial charge in [0.25, 0.3) is 0 Å². The smallest absolute Gasteiger partial charge is 0.355 e. The molecule has 0 amide bonds. The largest absolute Gasteiger partial charge is 0.461 e. The van der Waals surface area contributed by atoms with Gasteiger partial charge >= 0.3 is 5.97 Å². The lowest BCUT2D eigenvalue weighted by atomic mass is 10.1. The highest BCUT2D eigenvalue weighted by Crippen LogP contribution is 2.17. The maximum absolute atomic E-state index is 12.0. The first-order chi connectivity index (χ1) is 10.1. The lowest BCUT2D eigenvalue weighted by molar-refractivity contribution is 0.0513. The second-order valence-electron chi connectivity index (χ2n) is 4.95. The lowest BCUT2D eigenvalue weighted by Gasteiger charge is -2.12. The molecule has 0 spiro atoms. The van der Waals surface area contributed by atoms with Gasteiger partial charge in [-0.3, -0.25) is 0 Å². The van der Waals surface area contributed by atoms with Gasteiger partial charge in [0.05, 0.1) is 18.2 Å². The molecule has 0 bridgehead atoms. The number of carbonyl (C=O) groups excluding carboxylic acids is 1. The number of aromatic nitrogens is 1. The number of benzene rings is 1. The Kier molecular flexibility index (Phi) is 4.44. The molecule has 0 saturated carbocycles. The molecule has 0 atom stereocenters. The Hall–Kier alpha value is -2.54. The third-order valence-corrected chi connectivity index (χ3v) is 3.45. The van der Waals surface area contributed by atoms with E-state index in [0.29, 0.717) is 24.4 Å². The number of hydrogen-bond acceptors (Lipinski definition) is 3. The summed E-state index contributed by atoms with van der Waals surface area (Å²) in [6.07, 6.45) is 1.89. The topological polar surface area (TPSA) is 55.0 Å². The fourth-order valence-corrected chi connectivity index (χ4v) is 2.32. The van der Waals surface area contributed by atoms with Crippen LogP contribution in [-0.4, -0.2) is 17.1 Å². The fourth-order valence-electron chi connectivity index (χ4n) is 2.32. The maximum atomic E-state index is 12.0. The van der Waals surface area contributed by atoms with Crippen molar-refractivity contribution in [3.05, 3.63) is 58.4 Å². The SMILES string of the molecule is CCOC(=O)c1c(C)ccn1Cc1ccc(C#N)cc1C. The normalized spacial score (nSPS) is 10.2. The van der Waals surface area contributed by atoms with Crippen LogP contribution >= 0.6 is 0 Å². The molecule has 108 valence electrons. The molecule has 1 aromatic carbocycles.